The van der Waals surface area contributed by atoms with Crippen LogP contribution in [0.25, 0.3) is 0 Å². The molecule has 2 saturated heterocycles. The third-order valence-corrected chi connectivity index (χ3v) is 3.65. The average molecular weight is 172 g/mol. The minimum absolute atomic E-state index is 0.703. The van der Waals surface area contributed by atoms with Crippen LogP contribution in [-0.2, 0) is 0 Å². The van der Waals surface area contributed by atoms with Crippen molar-refractivity contribution in [3.63, 3.8) is 0 Å². The summed E-state index contributed by atoms with van der Waals surface area (Å²) >= 11 is 2.10. The molecule has 0 spiro atoms. The maximum atomic E-state index is 3.53. The largest absolute Gasteiger partial charge is 0.311 e. The predicted octanol–water partition coefficient (Wildman–Crippen LogP) is 0.396. The number of thioether (sulfide) groups is 1. The molecule has 2 nitrogen and oxygen atoms in total. The Morgan fingerprint density at radius 3 is 3.36 bits per heavy atom. The molecule has 0 saturated carbocycles. The van der Waals surface area contributed by atoms with E-state index in [2.05, 4.69) is 28.9 Å². The van der Waals surface area contributed by atoms with Gasteiger partial charge in [0.05, 0.1) is 0 Å². The zero-order valence-corrected chi connectivity index (χ0v) is 7.86. The number of nitrogens with zero attached hydrogens (tertiary/aromatic N) is 1. The van der Waals surface area contributed by atoms with Gasteiger partial charge in [0.1, 0.15) is 0 Å². The highest BCUT2D eigenvalue weighted by Gasteiger charge is 2.27. The molecule has 2 rings (SSSR count). The SMILES string of the molecule is C[C@H]1CN2CCSCC2CN1. The maximum Gasteiger partial charge on any atom is 0.0312 e. The van der Waals surface area contributed by atoms with E-state index < -0.39 is 0 Å². The molecule has 0 aliphatic carbocycles. The summed E-state index contributed by atoms with van der Waals surface area (Å²) in [6.45, 7) is 6.04. The molecule has 2 fully saturated rings. The van der Waals surface area contributed by atoms with E-state index in [-0.39, 0.29) is 0 Å². The molecule has 2 aliphatic rings. The van der Waals surface area contributed by atoms with Gasteiger partial charge in [0.15, 0.2) is 0 Å². The second-order valence-corrected chi connectivity index (χ2v) is 4.68. The minimum Gasteiger partial charge on any atom is -0.311 e. The van der Waals surface area contributed by atoms with Crippen LogP contribution >= 0.6 is 11.8 Å². The maximum absolute atomic E-state index is 3.53. The van der Waals surface area contributed by atoms with Gasteiger partial charge in [0, 0.05) is 43.2 Å². The second-order valence-electron chi connectivity index (χ2n) is 3.53. The van der Waals surface area contributed by atoms with Gasteiger partial charge in [-0.3, -0.25) is 4.90 Å². The highest BCUT2D eigenvalue weighted by atomic mass is 32.2. The second kappa shape index (κ2) is 3.33. The lowest BCUT2D eigenvalue weighted by molar-refractivity contribution is 0.154. The normalized spacial score (nSPS) is 40.1. The van der Waals surface area contributed by atoms with E-state index >= 15 is 0 Å². The van der Waals surface area contributed by atoms with E-state index in [0.29, 0.717) is 6.04 Å². The van der Waals surface area contributed by atoms with Gasteiger partial charge in [-0.1, -0.05) is 0 Å². The molecule has 0 radical (unpaired) electrons. The summed E-state index contributed by atoms with van der Waals surface area (Å²) < 4.78 is 0. The van der Waals surface area contributed by atoms with Crippen molar-refractivity contribution < 1.29 is 0 Å². The highest BCUT2D eigenvalue weighted by Crippen LogP contribution is 2.18. The van der Waals surface area contributed by atoms with Gasteiger partial charge in [0.25, 0.3) is 0 Å². The zero-order valence-electron chi connectivity index (χ0n) is 7.05. The molecule has 11 heavy (non-hydrogen) atoms. The molecule has 64 valence electrons. The van der Waals surface area contributed by atoms with Crippen molar-refractivity contribution in [2.24, 2.45) is 0 Å². The first-order valence-electron chi connectivity index (χ1n) is 4.41. The molecule has 1 N–H and O–H groups in total. The lowest BCUT2D eigenvalue weighted by Gasteiger charge is -2.41. The third-order valence-electron chi connectivity index (χ3n) is 2.56. The van der Waals surface area contributed by atoms with Crippen LogP contribution in [0.3, 0.4) is 0 Å². The predicted molar refractivity (Wildman–Crippen MR) is 50.2 cm³/mol. The number of hydrogen-bond acceptors (Lipinski definition) is 3. The average Bonchev–Trinajstić information content (AvgIpc) is 2.04. The van der Waals surface area contributed by atoms with E-state index in [1.54, 1.807) is 0 Å². The van der Waals surface area contributed by atoms with Crippen LogP contribution in [-0.4, -0.2) is 48.1 Å². The number of piperazine rings is 1. The van der Waals surface area contributed by atoms with Gasteiger partial charge in [-0.05, 0) is 6.92 Å². The van der Waals surface area contributed by atoms with Crippen molar-refractivity contribution in [3.05, 3.63) is 0 Å². The fraction of sp³-hybridized carbons (Fsp3) is 1.00. The molecule has 2 aliphatic heterocycles. The molecule has 0 aromatic heterocycles. The van der Waals surface area contributed by atoms with Crippen LogP contribution in [0.4, 0.5) is 0 Å². The number of fused-ring (bicyclic) bond motifs is 1. The first-order chi connectivity index (χ1) is 5.36. The summed E-state index contributed by atoms with van der Waals surface area (Å²) in [5, 5.41) is 3.53. The van der Waals surface area contributed by atoms with E-state index in [0.717, 1.165) is 6.04 Å². The lowest BCUT2D eigenvalue weighted by atomic mass is 10.1. The van der Waals surface area contributed by atoms with E-state index in [1.807, 2.05) is 0 Å². The Balaban J connectivity index is 1.93. The van der Waals surface area contributed by atoms with Crippen molar-refractivity contribution in [1.82, 2.24) is 10.2 Å². The van der Waals surface area contributed by atoms with Crippen molar-refractivity contribution in [3.8, 4) is 0 Å². The molecular formula is C8H16N2S. The molecule has 2 atom stereocenters. The van der Waals surface area contributed by atoms with Crippen molar-refractivity contribution in [2.45, 2.75) is 19.0 Å². The molecule has 1 unspecified atom stereocenters. The third kappa shape index (κ3) is 1.71. The molecule has 3 heteroatoms. The van der Waals surface area contributed by atoms with Crippen molar-refractivity contribution in [2.75, 3.05) is 31.1 Å². The summed E-state index contributed by atoms with van der Waals surface area (Å²) in [5.74, 6) is 2.67. The highest BCUT2D eigenvalue weighted by molar-refractivity contribution is 7.99. The quantitative estimate of drug-likeness (QED) is 0.569. The minimum atomic E-state index is 0.703. The van der Waals surface area contributed by atoms with Crippen LogP contribution < -0.4 is 5.32 Å². The number of hydrogen-bond donors (Lipinski definition) is 1. The van der Waals surface area contributed by atoms with Gasteiger partial charge in [0.2, 0.25) is 0 Å². The Bertz CT molecular complexity index is 140. The summed E-state index contributed by atoms with van der Waals surface area (Å²) in [6, 6.07) is 1.53. The summed E-state index contributed by atoms with van der Waals surface area (Å²) in [5.41, 5.74) is 0. The van der Waals surface area contributed by atoms with Gasteiger partial charge in [-0.25, -0.2) is 0 Å². The van der Waals surface area contributed by atoms with Crippen molar-refractivity contribution >= 4 is 11.8 Å². The molecule has 0 bridgehead atoms. The Labute approximate surface area is 72.7 Å². The van der Waals surface area contributed by atoms with Crippen LogP contribution in [0.1, 0.15) is 6.92 Å². The lowest BCUT2D eigenvalue weighted by Crippen LogP contribution is -2.58. The molecular weight excluding hydrogens is 156 g/mol. The Morgan fingerprint density at radius 1 is 1.55 bits per heavy atom. The molecule has 0 aromatic rings. The molecule has 0 aromatic carbocycles. The summed E-state index contributed by atoms with van der Waals surface area (Å²) in [6.07, 6.45) is 0. The van der Waals surface area contributed by atoms with Crippen LogP contribution in [0.5, 0.6) is 0 Å². The van der Waals surface area contributed by atoms with Crippen LogP contribution in [0.15, 0.2) is 0 Å². The summed E-state index contributed by atoms with van der Waals surface area (Å²) in [4.78, 5) is 2.64. The fourth-order valence-corrected chi connectivity index (χ4v) is 3.00. The van der Waals surface area contributed by atoms with Crippen LogP contribution in [0, 0.1) is 0 Å². The number of rotatable bonds is 0. The summed E-state index contributed by atoms with van der Waals surface area (Å²) in [7, 11) is 0. The standard InChI is InChI=1S/C8H16N2S/c1-7-5-10-2-3-11-6-8(10)4-9-7/h7-9H,2-6H2,1H3/t7-,8?/m0/s1. The zero-order chi connectivity index (χ0) is 7.68. The first kappa shape index (κ1) is 7.90. The topological polar surface area (TPSA) is 15.3 Å². The number of nitrogens with one attached hydrogen (secondary N) is 1. The van der Waals surface area contributed by atoms with E-state index in [9.17, 15) is 0 Å². The fourth-order valence-electron chi connectivity index (χ4n) is 1.87. The molecule has 2 heterocycles. The van der Waals surface area contributed by atoms with E-state index in [4.69, 9.17) is 0 Å². The Kier molecular flexibility index (Phi) is 2.39. The molecule has 0 amide bonds. The Morgan fingerprint density at radius 2 is 2.45 bits per heavy atom. The van der Waals surface area contributed by atoms with Crippen LogP contribution in [0.2, 0.25) is 0 Å². The first-order valence-corrected chi connectivity index (χ1v) is 5.57. The van der Waals surface area contributed by atoms with Gasteiger partial charge < -0.3 is 5.32 Å². The van der Waals surface area contributed by atoms with Gasteiger partial charge in [-0.2, -0.15) is 11.8 Å². The smallest absolute Gasteiger partial charge is 0.0312 e. The van der Waals surface area contributed by atoms with Gasteiger partial charge >= 0.3 is 0 Å². The van der Waals surface area contributed by atoms with E-state index in [1.165, 1.54) is 31.1 Å². The van der Waals surface area contributed by atoms with Crippen molar-refractivity contribution in [1.29, 1.82) is 0 Å². The van der Waals surface area contributed by atoms with Gasteiger partial charge in [-0.15, -0.1) is 0 Å². The Hall–Kier alpha value is 0.270. The monoisotopic (exact) mass is 172 g/mol.